The Morgan fingerprint density at radius 2 is 1.53 bits per heavy atom. The van der Waals surface area contributed by atoms with Crippen molar-refractivity contribution in [3.8, 4) is 34.3 Å². The summed E-state index contributed by atoms with van der Waals surface area (Å²) < 4.78 is 27.7. The van der Waals surface area contributed by atoms with Crippen LogP contribution in [0.2, 0.25) is 10.0 Å². The molecule has 0 atom stereocenters. The van der Waals surface area contributed by atoms with E-state index < -0.39 is 17.9 Å². The summed E-state index contributed by atoms with van der Waals surface area (Å²) in [5, 5.41) is 3.64. The van der Waals surface area contributed by atoms with Crippen LogP contribution in [-0.2, 0) is 4.79 Å². The van der Waals surface area contributed by atoms with Crippen molar-refractivity contribution < 1.29 is 28.2 Å². The van der Waals surface area contributed by atoms with Crippen molar-refractivity contribution in [1.82, 2.24) is 0 Å². The first-order valence-electron chi connectivity index (χ1n) is 10.6. The standard InChI is InChI=1S/C26H21Cl2NO7/c1-32-20-9-6-16(28)12-18(20)29-23(30)13-35-26-24(31)17-11-15(27)5-8-19(17)36-25(26)14-4-7-21(33-2)22(10-14)34-3/h4-12H,13H2,1-3H3,(H,29,30). The van der Waals surface area contributed by atoms with Crippen LogP contribution in [0, 0.1) is 0 Å². The molecular weight excluding hydrogens is 509 g/mol. The summed E-state index contributed by atoms with van der Waals surface area (Å²) in [6.45, 7) is -0.493. The molecule has 4 rings (SSSR count). The number of ether oxygens (including phenoxy) is 4. The van der Waals surface area contributed by atoms with Crippen molar-refractivity contribution in [3.63, 3.8) is 0 Å². The third-order valence-electron chi connectivity index (χ3n) is 5.24. The van der Waals surface area contributed by atoms with Crippen molar-refractivity contribution in [2.45, 2.75) is 0 Å². The molecule has 1 amide bonds. The van der Waals surface area contributed by atoms with E-state index in [2.05, 4.69) is 5.32 Å². The molecule has 0 aliphatic carbocycles. The average Bonchev–Trinajstić information content (AvgIpc) is 2.88. The maximum absolute atomic E-state index is 13.4. The molecule has 0 aliphatic rings. The van der Waals surface area contributed by atoms with Gasteiger partial charge in [0.2, 0.25) is 11.2 Å². The lowest BCUT2D eigenvalue weighted by molar-refractivity contribution is -0.118. The molecule has 0 spiro atoms. The van der Waals surface area contributed by atoms with Crippen LogP contribution in [0.25, 0.3) is 22.3 Å². The smallest absolute Gasteiger partial charge is 0.262 e. The van der Waals surface area contributed by atoms with Gasteiger partial charge in [0.25, 0.3) is 5.91 Å². The monoisotopic (exact) mass is 529 g/mol. The first-order chi connectivity index (χ1) is 17.3. The van der Waals surface area contributed by atoms with Crippen molar-refractivity contribution in [2.24, 2.45) is 0 Å². The molecule has 1 heterocycles. The number of hydrogen-bond acceptors (Lipinski definition) is 7. The van der Waals surface area contributed by atoms with E-state index in [0.717, 1.165) is 0 Å². The Kier molecular flexibility index (Phi) is 7.57. The number of methoxy groups -OCH3 is 3. The lowest BCUT2D eigenvalue weighted by Gasteiger charge is -2.14. The summed E-state index contributed by atoms with van der Waals surface area (Å²) in [5.74, 6) is 0.742. The molecule has 8 nitrogen and oxygen atoms in total. The normalized spacial score (nSPS) is 10.7. The van der Waals surface area contributed by atoms with Crippen molar-refractivity contribution in [2.75, 3.05) is 33.3 Å². The summed E-state index contributed by atoms with van der Waals surface area (Å²) in [4.78, 5) is 26.1. The molecule has 186 valence electrons. The van der Waals surface area contributed by atoms with Crippen LogP contribution in [0.15, 0.2) is 63.8 Å². The van der Waals surface area contributed by atoms with Crippen LogP contribution >= 0.6 is 23.2 Å². The van der Waals surface area contributed by atoms with Crippen LogP contribution in [-0.4, -0.2) is 33.8 Å². The topological polar surface area (TPSA) is 96.2 Å². The minimum Gasteiger partial charge on any atom is -0.495 e. The summed E-state index contributed by atoms with van der Waals surface area (Å²) >= 11 is 12.1. The molecule has 0 aliphatic heterocycles. The highest BCUT2D eigenvalue weighted by atomic mass is 35.5. The Hall–Kier alpha value is -3.88. The van der Waals surface area contributed by atoms with Crippen molar-refractivity contribution in [3.05, 3.63) is 74.9 Å². The van der Waals surface area contributed by atoms with Gasteiger partial charge in [0.05, 0.1) is 32.4 Å². The average molecular weight is 530 g/mol. The number of carbonyl (C=O) groups is 1. The molecule has 36 heavy (non-hydrogen) atoms. The van der Waals surface area contributed by atoms with Gasteiger partial charge in [0, 0.05) is 15.6 Å². The fraction of sp³-hybridized carbons (Fsp3) is 0.154. The number of rotatable bonds is 8. The van der Waals surface area contributed by atoms with E-state index in [4.69, 9.17) is 46.6 Å². The van der Waals surface area contributed by atoms with Gasteiger partial charge in [0.15, 0.2) is 23.9 Å². The van der Waals surface area contributed by atoms with E-state index in [-0.39, 0.29) is 16.9 Å². The number of anilines is 1. The maximum Gasteiger partial charge on any atom is 0.262 e. The number of carbonyl (C=O) groups excluding carboxylic acids is 1. The summed E-state index contributed by atoms with van der Waals surface area (Å²) in [7, 11) is 4.47. The zero-order valence-corrected chi connectivity index (χ0v) is 21.0. The van der Waals surface area contributed by atoms with Crippen LogP contribution in [0.5, 0.6) is 23.0 Å². The Morgan fingerprint density at radius 3 is 2.25 bits per heavy atom. The SMILES string of the molecule is COc1ccc(Cl)cc1NC(=O)COc1c(-c2ccc(OC)c(OC)c2)oc2ccc(Cl)cc2c1=O. The molecule has 3 aromatic carbocycles. The van der Waals surface area contributed by atoms with Gasteiger partial charge < -0.3 is 28.7 Å². The zero-order chi connectivity index (χ0) is 25.8. The Morgan fingerprint density at radius 1 is 0.861 bits per heavy atom. The van der Waals surface area contributed by atoms with Gasteiger partial charge in [-0.25, -0.2) is 0 Å². The Labute approximate surface area is 216 Å². The van der Waals surface area contributed by atoms with Crippen molar-refractivity contribution >= 4 is 45.8 Å². The van der Waals surface area contributed by atoms with E-state index in [1.54, 1.807) is 48.5 Å². The van der Waals surface area contributed by atoms with Gasteiger partial charge in [-0.1, -0.05) is 23.2 Å². The van der Waals surface area contributed by atoms with E-state index in [1.165, 1.54) is 27.4 Å². The minimum atomic E-state index is -0.542. The Balaban J connectivity index is 1.73. The number of benzene rings is 3. The van der Waals surface area contributed by atoms with Gasteiger partial charge in [-0.05, 0) is 54.6 Å². The molecule has 1 N–H and O–H groups in total. The third-order valence-corrected chi connectivity index (χ3v) is 5.71. The predicted molar refractivity (Wildman–Crippen MR) is 138 cm³/mol. The van der Waals surface area contributed by atoms with Gasteiger partial charge in [-0.15, -0.1) is 0 Å². The molecule has 0 saturated carbocycles. The molecule has 4 aromatic rings. The lowest BCUT2D eigenvalue weighted by Crippen LogP contribution is -2.23. The Bertz CT molecular complexity index is 1500. The molecule has 0 bridgehead atoms. The van der Waals surface area contributed by atoms with Gasteiger partial charge in [-0.3, -0.25) is 9.59 Å². The second kappa shape index (κ2) is 10.8. The maximum atomic E-state index is 13.4. The fourth-order valence-electron chi connectivity index (χ4n) is 3.55. The highest BCUT2D eigenvalue weighted by Gasteiger charge is 2.21. The fourth-order valence-corrected chi connectivity index (χ4v) is 3.90. The largest absolute Gasteiger partial charge is 0.495 e. The highest BCUT2D eigenvalue weighted by Crippen LogP contribution is 2.37. The van der Waals surface area contributed by atoms with E-state index >= 15 is 0 Å². The highest BCUT2D eigenvalue weighted by molar-refractivity contribution is 6.31. The predicted octanol–water partition coefficient (Wildman–Crippen LogP) is 5.81. The van der Waals surface area contributed by atoms with Crippen molar-refractivity contribution in [1.29, 1.82) is 0 Å². The lowest BCUT2D eigenvalue weighted by atomic mass is 10.1. The second-order valence-corrected chi connectivity index (χ2v) is 8.35. The van der Waals surface area contributed by atoms with Gasteiger partial charge in [0.1, 0.15) is 11.3 Å². The molecule has 0 fully saturated rings. The summed E-state index contributed by atoms with van der Waals surface area (Å²) in [5.41, 5.74) is 0.649. The molecule has 1 aromatic heterocycles. The van der Waals surface area contributed by atoms with Crippen LogP contribution in [0.4, 0.5) is 5.69 Å². The molecule has 10 heteroatoms. The van der Waals surface area contributed by atoms with Crippen LogP contribution in [0.1, 0.15) is 0 Å². The quantitative estimate of drug-likeness (QED) is 0.307. The first kappa shape index (κ1) is 25.2. The number of nitrogens with one attached hydrogen (secondary N) is 1. The third kappa shape index (κ3) is 5.19. The molecule has 0 saturated heterocycles. The van der Waals surface area contributed by atoms with Gasteiger partial charge in [-0.2, -0.15) is 0 Å². The number of amides is 1. The molecular formula is C26H21Cl2NO7. The second-order valence-electron chi connectivity index (χ2n) is 7.48. The molecule has 0 unspecified atom stereocenters. The number of hydrogen-bond donors (Lipinski definition) is 1. The number of fused-ring (bicyclic) bond motifs is 1. The van der Waals surface area contributed by atoms with Crippen LogP contribution < -0.4 is 29.7 Å². The van der Waals surface area contributed by atoms with Gasteiger partial charge >= 0.3 is 0 Å². The molecule has 0 radical (unpaired) electrons. The zero-order valence-electron chi connectivity index (χ0n) is 19.5. The van der Waals surface area contributed by atoms with E-state index in [1.807, 2.05) is 0 Å². The summed E-state index contributed by atoms with van der Waals surface area (Å²) in [6.07, 6.45) is 0. The number of halogens is 2. The van der Waals surface area contributed by atoms with E-state index in [0.29, 0.717) is 44.1 Å². The minimum absolute atomic E-state index is 0.115. The first-order valence-corrected chi connectivity index (χ1v) is 11.3. The van der Waals surface area contributed by atoms with Crippen LogP contribution in [0.3, 0.4) is 0 Å². The summed E-state index contributed by atoms with van der Waals surface area (Å²) in [6, 6.07) is 14.5. The van der Waals surface area contributed by atoms with E-state index in [9.17, 15) is 9.59 Å².